The van der Waals surface area contributed by atoms with Crippen molar-refractivity contribution in [3.63, 3.8) is 0 Å². The lowest BCUT2D eigenvalue weighted by molar-refractivity contribution is 0.455. The second-order valence-electron chi connectivity index (χ2n) is 4.20. The van der Waals surface area contributed by atoms with E-state index in [1.807, 2.05) is 39.0 Å². The average molecular weight is 243 g/mol. The summed E-state index contributed by atoms with van der Waals surface area (Å²) in [5.41, 5.74) is 9.14. The number of aryl methyl sites for hydroxylation is 3. The Morgan fingerprint density at radius 2 is 1.72 bits per heavy atom. The summed E-state index contributed by atoms with van der Waals surface area (Å²) in [6.07, 6.45) is 0.808. The molecule has 2 N–H and O–H groups in total. The lowest BCUT2D eigenvalue weighted by atomic mass is 10.2. The summed E-state index contributed by atoms with van der Waals surface area (Å²) in [5, 5.41) is 0. The van der Waals surface area contributed by atoms with Gasteiger partial charge in [0.1, 0.15) is 0 Å². The molecule has 0 aliphatic heterocycles. The maximum absolute atomic E-state index is 5.85. The Morgan fingerprint density at radius 3 is 2.44 bits per heavy atom. The van der Waals surface area contributed by atoms with E-state index in [1.165, 1.54) is 0 Å². The average Bonchev–Trinajstić information content (AvgIpc) is 2.36. The number of hydrogen-bond acceptors (Lipinski definition) is 4. The van der Waals surface area contributed by atoms with Gasteiger partial charge in [-0.2, -0.15) is 0 Å². The molecule has 2 heterocycles. The summed E-state index contributed by atoms with van der Waals surface area (Å²) in [5.74, 6) is 1.16. The summed E-state index contributed by atoms with van der Waals surface area (Å²) in [6, 6.07) is 7.48. The van der Waals surface area contributed by atoms with Crippen LogP contribution in [0.1, 0.15) is 24.0 Å². The number of pyridine rings is 2. The number of rotatable bonds is 3. The fraction of sp³-hybridized carbons (Fsp3) is 0.286. The van der Waals surface area contributed by atoms with E-state index in [-0.39, 0.29) is 0 Å². The van der Waals surface area contributed by atoms with Crippen LogP contribution in [0, 0.1) is 13.8 Å². The molecule has 4 nitrogen and oxygen atoms in total. The predicted molar refractivity (Wildman–Crippen MR) is 71.8 cm³/mol. The Labute approximate surface area is 107 Å². The molecule has 4 heteroatoms. The van der Waals surface area contributed by atoms with Crippen molar-refractivity contribution in [2.75, 3.05) is 5.73 Å². The molecule has 0 unspecified atom stereocenters. The molecule has 0 saturated heterocycles. The topological polar surface area (TPSA) is 61.0 Å². The Kier molecular flexibility index (Phi) is 3.46. The number of nitrogens with two attached hydrogens (primary N) is 1. The number of aromatic nitrogens is 2. The van der Waals surface area contributed by atoms with Crippen molar-refractivity contribution < 1.29 is 4.74 Å². The second kappa shape index (κ2) is 5.04. The van der Waals surface area contributed by atoms with E-state index in [0.717, 1.165) is 23.5 Å². The summed E-state index contributed by atoms with van der Waals surface area (Å²) >= 11 is 0. The van der Waals surface area contributed by atoms with Crippen molar-refractivity contribution in [1.29, 1.82) is 0 Å². The monoisotopic (exact) mass is 243 g/mol. The van der Waals surface area contributed by atoms with Gasteiger partial charge in [0, 0.05) is 11.4 Å². The Morgan fingerprint density at radius 1 is 1.06 bits per heavy atom. The predicted octanol–water partition coefficient (Wildman–Crippen LogP) is 3.03. The first-order chi connectivity index (χ1) is 8.60. The minimum absolute atomic E-state index is 0.440. The van der Waals surface area contributed by atoms with Crippen molar-refractivity contribution in [3.8, 4) is 11.6 Å². The fourth-order valence-electron chi connectivity index (χ4n) is 1.67. The summed E-state index contributed by atoms with van der Waals surface area (Å²) in [7, 11) is 0. The molecule has 18 heavy (non-hydrogen) atoms. The maximum Gasteiger partial charge on any atom is 0.242 e. The van der Waals surface area contributed by atoms with Gasteiger partial charge in [0.15, 0.2) is 5.75 Å². The molecule has 0 fully saturated rings. The third-order valence-corrected chi connectivity index (χ3v) is 2.64. The van der Waals surface area contributed by atoms with Crippen LogP contribution in [0.2, 0.25) is 0 Å². The Balaban J connectivity index is 2.36. The first-order valence-electron chi connectivity index (χ1n) is 5.97. The number of ether oxygens (including phenoxy) is 1. The smallest absolute Gasteiger partial charge is 0.242 e. The van der Waals surface area contributed by atoms with Crippen molar-refractivity contribution in [2.24, 2.45) is 0 Å². The Hall–Kier alpha value is -2.10. The molecule has 0 aliphatic rings. The molecular weight excluding hydrogens is 226 g/mol. The molecule has 0 amide bonds. The van der Waals surface area contributed by atoms with Gasteiger partial charge in [-0.3, -0.25) is 4.98 Å². The van der Waals surface area contributed by atoms with E-state index in [4.69, 9.17) is 10.5 Å². The molecule has 0 radical (unpaired) electrons. The van der Waals surface area contributed by atoms with Crippen molar-refractivity contribution in [2.45, 2.75) is 27.2 Å². The lowest BCUT2D eigenvalue weighted by Crippen LogP contribution is -2.00. The molecule has 0 bridgehead atoms. The summed E-state index contributed by atoms with van der Waals surface area (Å²) < 4.78 is 5.77. The van der Waals surface area contributed by atoms with Gasteiger partial charge in [0.2, 0.25) is 5.88 Å². The minimum atomic E-state index is 0.440. The van der Waals surface area contributed by atoms with Crippen molar-refractivity contribution >= 4 is 5.69 Å². The highest BCUT2D eigenvalue weighted by atomic mass is 16.5. The van der Waals surface area contributed by atoms with Crippen LogP contribution < -0.4 is 10.5 Å². The van der Waals surface area contributed by atoms with Crippen LogP contribution in [0.4, 0.5) is 5.69 Å². The molecule has 0 atom stereocenters. The highest BCUT2D eigenvalue weighted by molar-refractivity contribution is 5.50. The molecule has 2 rings (SSSR count). The zero-order valence-electron chi connectivity index (χ0n) is 10.9. The number of anilines is 1. The summed E-state index contributed by atoms with van der Waals surface area (Å²) in [4.78, 5) is 8.74. The maximum atomic E-state index is 5.85. The van der Waals surface area contributed by atoms with E-state index in [0.29, 0.717) is 17.3 Å². The van der Waals surface area contributed by atoms with E-state index < -0.39 is 0 Å². The van der Waals surface area contributed by atoms with Gasteiger partial charge in [-0.05, 0) is 44.5 Å². The quantitative estimate of drug-likeness (QED) is 0.900. The lowest BCUT2D eigenvalue weighted by Gasteiger charge is -2.11. The molecular formula is C14H17N3O. The SMILES string of the molecule is CCc1nc(C)ccc1Oc1nc(C)ccc1N. The van der Waals surface area contributed by atoms with Gasteiger partial charge in [0.25, 0.3) is 0 Å². The van der Waals surface area contributed by atoms with Crippen LogP contribution in [0.15, 0.2) is 24.3 Å². The van der Waals surface area contributed by atoms with Crippen LogP contribution in [-0.4, -0.2) is 9.97 Å². The van der Waals surface area contributed by atoms with Crippen LogP contribution >= 0.6 is 0 Å². The molecule has 2 aromatic rings. The first-order valence-corrected chi connectivity index (χ1v) is 5.97. The number of hydrogen-bond donors (Lipinski definition) is 1. The zero-order chi connectivity index (χ0) is 13.1. The van der Waals surface area contributed by atoms with Crippen LogP contribution in [0.5, 0.6) is 11.6 Å². The second-order valence-corrected chi connectivity index (χ2v) is 4.20. The zero-order valence-corrected chi connectivity index (χ0v) is 10.9. The van der Waals surface area contributed by atoms with Crippen LogP contribution in [0.3, 0.4) is 0 Å². The van der Waals surface area contributed by atoms with Crippen LogP contribution in [-0.2, 0) is 6.42 Å². The van der Waals surface area contributed by atoms with Crippen molar-refractivity contribution in [1.82, 2.24) is 9.97 Å². The molecule has 0 aliphatic carbocycles. The molecule has 0 saturated carbocycles. The Bertz CT molecular complexity index is 567. The first kappa shape index (κ1) is 12.4. The van der Waals surface area contributed by atoms with Gasteiger partial charge in [0.05, 0.1) is 11.4 Å². The molecule has 94 valence electrons. The van der Waals surface area contributed by atoms with Gasteiger partial charge in [-0.15, -0.1) is 0 Å². The molecule has 0 spiro atoms. The third kappa shape index (κ3) is 2.59. The van der Waals surface area contributed by atoms with Gasteiger partial charge in [-0.1, -0.05) is 6.92 Å². The van der Waals surface area contributed by atoms with E-state index >= 15 is 0 Å². The normalized spacial score (nSPS) is 10.4. The van der Waals surface area contributed by atoms with Crippen molar-refractivity contribution in [3.05, 3.63) is 41.3 Å². The fourth-order valence-corrected chi connectivity index (χ4v) is 1.67. The standard InChI is InChI=1S/C14H17N3O/c1-4-12-13(8-6-9(2)16-12)18-14-11(15)7-5-10(3)17-14/h5-8H,4,15H2,1-3H3. The highest BCUT2D eigenvalue weighted by Gasteiger charge is 2.09. The minimum Gasteiger partial charge on any atom is -0.435 e. The molecule has 0 aromatic carbocycles. The van der Waals surface area contributed by atoms with E-state index in [9.17, 15) is 0 Å². The van der Waals surface area contributed by atoms with E-state index in [1.54, 1.807) is 6.07 Å². The third-order valence-electron chi connectivity index (χ3n) is 2.64. The van der Waals surface area contributed by atoms with E-state index in [2.05, 4.69) is 9.97 Å². The largest absolute Gasteiger partial charge is 0.435 e. The summed E-state index contributed by atoms with van der Waals surface area (Å²) in [6.45, 7) is 5.91. The van der Waals surface area contributed by atoms with Gasteiger partial charge < -0.3 is 10.5 Å². The number of nitrogen functional groups attached to an aromatic ring is 1. The number of nitrogens with zero attached hydrogens (tertiary/aromatic N) is 2. The van der Waals surface area contributed by atoms with Gasteiger partial charge >= 0.3 is 0 Å². The van der Waals surface area contributed by atoms with Gasteiger partial charge in [-0.25, -0.2) is 4.98 Å². The molecule has 2 aromatic heterocycles. The van der Waals surface area contributed by atoms with Crippen LogP contribution in [0.25, 0.3) is 0 Å². The highest BCUT2D eigenvalue weighted by Crippen LogP contribution is 2.27.